The standard InChI is InChI=1S/C17H18ClFN2O2S/c1-11(10-23-14-6-4-13(22-2)5-7-14)20-17(24)21-12-3-8-16(19)15(18)9-12/h3-9,11H,10H2,1-2H3,(H2,20,21,24). The second-order valence-corrected chi connectivity index (χ2v) is 5.93. The Kier molecular flexibility index (Phi) is 6.63. The highest BCUT2D eigenvalue weighted by molar-refractivity contribution is 7.80. The monoisotopic (exact) mass is 368 g/mol. The van der Waals surface area contributed by atoms with Gasteiger partial charge in [0.15, 0.2) is 5.11 Å². The molecule has 0 aromatic heterocycles. The summed E-state index contributed by atoms with van der Waals surface area (Å²) in [5.74, 6) is 1.05. The summed E-state index contributed by atoms with van der Waals surface area (Å²) in [6.45, 7) is 2.37. The van der Waals surface area contributed by atoms with Gasteiger partial charge in [0.25, 0.3) is 0 Å². The molecule has 24 heavy (non-hydrogen) atoms. The molecule has 1 atom stereocenters. The molecule has 1 unspecified atom stereocenters. The molecule has 0 aliphatic rings. The number of hydrogen-bond acceptors (Lipinski definition) is 3. The minimum Gasteiger partial charge on any atom is -0.497 e. The number of anilines is 1. The van der Waals surface area contributed by atoms with Gasteiger partial charge >= 0.3 is 0 Å². The molecule has 0 heterocycles. The molecule has 2 aromatic rings. The molecule has 0 aliphatic heterocycles. The molecular formula is C17H18ClFN2O2S. The molecule has 0 spiro atoms. The van der Waals surface area contributed by atoms with Gasteiger partial charge in [-0.2, -0.15) is 0 Å². The fourth-order valence-electron chi connectivity index (χ4n) is 1.90. The summed E-state index contributed by atoms with van der Waals surface area (Å²) >= 11 is 11.0. The van der Waals surface area contributed by atoms with Crippen molar-refractivity contribution in [3.8, 4) is 11.5 Å². The first kappa shape index (κ1) is 18.3. The van der Waals surface area contributed by atoms with Gasteiger partial charge < -0.3 is 20.1 Å². The molecule has 0 radical (unpaired) electrons. The maximum Gasteiger partial charge on any atom is 0.171 e. The molecule has 2 rings (SSSR count). The molecule has 0 saturated heterocycles. The van der Waals surface area contributed by atoms with Crippen molar-refractivity contribution < 1.29 is 13.9 Å². The van der Waals surface area contributed by atoms with E-state index in [0.29, 0.717) is 17.4 Å². The van der Waals surface area contributed by atoms with Crippen LogP contribution in [0.25, 0.3) is 0 Å². The summed E-state index contributed by atoms with van der Waals surface area (Å²) in [4.78, 5) is 0. The van der Waals surface area contributed by atoms with E-state index < -0.39 is 5.82 Å². The van der Waals surface area contributed by atoms with Crippen LogP contribution in [0.4, 0.5) is 10.1 Å². The van der Waals surface area contributed by atoms with Gasteiger partial charge in [0.1, 0.15) is 23.9 Å². The van der Waals surface area contributed by atoms with Crippen LogP contribution in [-0.4, -0.2) is 24.9 Å². The predicted molar refractivity (Wildman–Crippen MR) is 98.7 cm³/mol. The van der Waals surface area contributed by atoms with E-state index in [1.807, 2.05) is 31.2 Å². The van der Waals surface area contributed by atoms with Crippen LogP contribution in [-0.2, 0) is 0 Å². The third kappa shape index (κ3) is 5.54. The molecule has 0 amide bonds. The van der Waals surface area contributed by atoms with Crippen molar-refractivity contribution >= 4 is 34.6 Å². The van der Waals surface area contributed by atoms with Crippen molar-refractivity contribution in [3.05, 3.63) is 53.3 Å². The number of ether oxygens (including phenoxy) is 2. The lowest BCUT2D eigenvalue weighted by atomic mass is 10.3. The molecule has 4 nitrogen and oxygen atoms in total. The van der Waals surface area contributed by atoms with E-state index in [9.17, 15) is 4.39 Å². The zero-order valence-electron chi connectivity index (χ0n) is 13.3. The Morgan fingerprint density at radius 3 is 2.50 bits per heavy atom. The Morgan fingerprint density at radius 2 is 1.88 bits per heavy atom. The van der Waals surface area contributed by atoms with Crippen molar-refractivity contribution in [1.29, 1.82) is 0 Å². The molecule has 2 N–H and O–H groups in total. The van der Waals surface area contributed by atoms with Gasteiger partial charge in [0, 0.05) is 5.69 Å². The fourth-order valence-corrected chi connectivity index (χ4v) is 2.40. The van der Waals surface area contributed by atoms with Crippen molar-refractivity contribution in [2.24, 2.45) is 0 Å². The van der Waals surface area contributed by atoms with Crippen molar-refractivity contribution in [3.63, 3.8) is 0 Å². The summed E-state index contributed by atoms with van der Waals surface area (Å²) in [6, 6.07) is 11.6. The Balaban J connectivity index is 1.79. The number of thiocarbonyl (C=S) groups is 1. The van der Waals surface area contributed by atoms with Crippen LogP contribution in [0, 0.1) is 5.82 Å². The third-order valence-corrected chi connectivity index (χ3v) is 3.62. The summed E-state index contributed by atoms with van der Waals surface area (Å²) in [5.41, 5.74) is 0.613. The average molecular weight is 369 g/mol. The second-order valence-electron chi connectivity index (χ2n) is 5.11. The molecule has 2 aromatic carbocycles. The highest BCUT2D eigenvalue weighted by Gasteiger charge is 2.07. The zero-order valence-corrected chi connectivity index (χ0v) is 14.9. The van der Waals surface area contributed by atoms with E-state index >= 15 is 0 Å². The van der Waals surface area contributed by atoms with E-state index in [0.717, 1.165) is 11.5 Å². The van der Waals surface area contributed by atoms with Crippen molar-refractivity contribution in [1.82, 2.24) is 5.32 Å². The first-order chi connectivity index (χ1) is 11.5. The van der Waals surface area contributed by atoms with E-state index in [1.165, 1.54) is 12.1 Å². The van der Waals surface area contributed by atoms with Gasteiger partial charge in [0.2, 0.25) is 0 Å². The summed E-state index contributed by atoms with van der Waals surface area (Å²) in [6.07, 6.45) is 0. The lowest BCUT2D eigenvalue weighted by Crippen LogP contribution is -2.39. The van der Waals surface area contributed by atoms with Gasteiger partial charge in [-0.15, -0.1) is 0 Å². The average Bonchev–Trinajstić information content (AvgIpc) is 2.56. The molecule has 0 bridgehead atoms. The van der Waals surface area contributed by atoms with Crippen molar-refractivity contribution in [2.45, 2.75) is 13.0 Å². The summed E-state index contributed by atoms with van der Waals surface area (Å²) < 4.78 is 23.9. The molecule has 0 aliphatic carbocycles. The Bertz CT molecular complexity index is 697. The fraction of sp³-hybridized carbons (Fsp3) is 0.235. The zero-order chi connectivity index (χ0) is 17.5. The SMILES string of the molecule is COc1ccc(OCC(C)NC(=S)Nc2ccc(F)c(Cl)c2)cc1. The van der Waals surface area contributed by atoms with Crippen LogP contribution in [0.3, 0.4) is 0 Å². The highest BCUT2D eigenvalue weighted by atomic mass is 35.5. The van der Waals surface area contributed by atoms with E-state index in [1.54, 1.807) is 13.2 Å². The van der Waals surface area contributed by atoms with Crippen LogP contribution in [0.1, 0.15) is 6.92 Å². The number of hydrogen-bond donors (Lipinski definition) is 2. The summed E-state index contributed by atoms with van der Waals surface area (Å²) in [5, 5.41) is 6.49. The second kappa shape index (κ2) is 8.70. The molecular weight excluding hydrogens is 351 g/mol. The number of halogens is 2. The topological polar surface area (TPSA) is 42.5 Å². The highest BCUT2D eigenvalue weighted by Crippen LogP contribution is 2.19. The number of benzene rings is 2. The largest absolute Gasteiger partial charge is 0.497 e. The minimum absolute atomic E-state index is 0.0250. The molecule has 0 saturated carbocycles. The maximum absolute atomic E-state index is 13.1. The normalized spacial score (nSPS) is 11.5. The van der Waals surface area contributed by atoms with E-state index in [2.05, 4.69) is 10.6 Å². The van der Waals surface area contributed by atoms with Gasteiger partial charge in [-0.25, -0.2) is 4.39 Å². The molecule has 128 valence electrons. The van der Waals surface area contributed by atoms with Crippen LogP contribution in [0.2, 0.25) is 5.02 Å². The Hall–Kier alpha value is -2.05. The first-order valence-electron chi connectivity index (χ1n) is 7.27. The Labute approximate surface area is 150 Å². The van der Waals surface area contributed by atoms with Crippen LogP contribution in [0.15, 0.2) is 42.5 Å². The van der Waals surface area contributed by atoms with Crippen LogP contribution in [0.5, 0.6) is 11.5 Å². The smallest absolute Gasteiger partial charge is 0.171 e. The van der Waals surface area contributed by atoms with E-state index in [4.69, 9.17) is 33.3 Å². The molecule has 7 heteroatoms. The van der Waals surface area contributed by atoms with Gasteiger partial charge in [-0.1, -0.05) is 11.6 Å². The summed E-state index contributed by atoms with van der Waals surface area (Å²) in [7, 11) is 1.62. The predicted octanol–water partition coefficient (Wildman–Crippen LogP) is 4.24. The van der Waals surface area contributed by atoms with E-state index in [-0.39, 0.29) is 11.1 Å². The Morgan fingerprint density at radius 1 is 1.21 bits per heavy atom. The van der Waals surface area contributed by atoms with Gasteiger partial charge in [0.05, 0.1) is 18.2 Å². The van der Waals surface area contributed by atoms with Gasteiger partial charge in [-0.05, 0) is 61.6 Å². The maximum atomic E-state index is 13.1. The van der Waals surface area contributed by atoms with Crippen molar-refractivity contribution in [2.75, 3.05) is 19.0 Å². The van der Waals surface area contributed by atoms with Crippen LogP contribution < -0.4 is 20.1 Å². The lowest BCUT2D eigenvalue weighted by Gasteiger charge is -2.18. The quantitative estimate of drug-likeness (QED) is 0.746. The number of nitrogens with one attached hydrogen (secondary N) is 2. The third-order valence-electron chi connectivity index (χ3n) is 3.11. The molecule has 0 fully saturated rings. The number of rotatable bonds is 6. The van der Waals surface area contributed by atoms with Gasteiger partial charge in [-0.3, -0.25) is 0 Å². The number of methoxy groups -OCH3 is 1. The minimum atomic E-state index is -0.470. The van der Waals surface area contributed by atoms with Crippen LogP contribution >= 0.6 is 23.8 Å². The first-order valence-corrected chi connectivity index (χ1v) is 8.06. The lowest BCUT2D eigenvalue weighted by molar-refractivity contribution is 0.286.